The fraction of sp³-hybridized carbons (Fsp3) is 0.917. The molecule has 0 aromatic rings. The van der Waals surface area contributed by atoms with Gasteiger partial charge in [-0.3, -0.25) is 10.1 Å². The highest BCUT2D eigenvalue weighted by Gasteiger charge is 2.30. The van der Waals surface area contributed by atoms with Crippen molar-refractivity contribution in [3.8, 4) is 0 Å². The molecule has 16 heavy (non-hydrogen) atoms. The Balaban J connectivity index is 2.28. The van der Waals surface area contributed by atoms with E-state index in [0.717, 1.165) is 32.6 Å². The molecule has 0 aliphatic carbocycles. The molecule has 0 bridgehead atoms. The van der Waals surface area contributed by atoms with Crippen molar-refractivity contribution in [1.29, 1.82) is 0 Å². The third kappa shape index (κ3) is 4.10. The maximum Gasteiger partial charge on any atom is 0.240 e. The second-order valence-corrected chi connectivity index (χ2v) is 5.30. The maximum absolute atomic E-state index is 12.0. The van der Waals surface area contributed by atoms with Crippen molar-refractivity contribution in [1.82, 2.24) is 15.1 Å². The van der Waals surface area contributed by atoms with E-state index in [2.05, 4.69) is 38.2 Å². The van der Waals surface area contributed by atoms with Crippen LogP contribution >= 0.6 is 0 Å². The fourth-order valence-corrected chi connectivity index (χ4v) is 2.03. The van der Waals surface area contributed by atoms with Crippen molar-refractivity contribution in [3.63, 3.8) is 0 Å². The van der Waals surface area contributed by atoms with Crippen LogP contribution in [-0.2, 0) is 4.79 Å². The first kappa shape index (κ1) is 13.5. The minimum atomic E-state index is 0.0550. The Bertz CT molecular complexity index is 228. The molecule has 1 heterocycles. The van der Waals surface area contributed by atoms with Crippen LogP contribution in [0, 0.1) is 5.92 Å². The summed E-state index contributed by atoms with van der Waals surface area (Å²) in [7, 11) is 4.12. The first-order chi connectivity index (χ1) is 7.50. The smallest absolute Gasteiger partial charge is 0.240 e. The standard InChI is InChI=1S/C12H25N3O/c1-10(2)8-11-12(16)15(9-13-11)7-5-6-14(3)4/h10-11,13H,5-9H2,1-4H3. The van der Waals surface area contributed by atoms with Gasteiger partial charge >= 0.3 is 0 Å². The monoisotopic (exact) mass is 227 g/mol. The fourth-order valence-electron chi connectivity index (χ4n) is 2.03. The van der Waals surface area contributed by atoms with Gasteiger partial charge in [0.25, 0.3) is 0 Å². The second-order valence-electron chi connectivity index (χ2n) is 5.30. The predicted octanol–water partition coefficient (Wildman–Crippen LogP) is 0.742. The Morgan fingerprint density at radius 3 is 2.75 bits per heavy atom. The van der Waals surface area contributed by atoms with Gasteiger partial charge in [0.2, 0.25) is 5.91 Å². The SMILES string of the molecule is CC(C)CC1NCN(CCCN(C)C)C1=O. The molecule has 1 atom stereocenters. The molecule has 1 unspecified atom stereocenters. The van der Waals surface area contributed by atoms with Crippen LogP contribution in [0.15, 0.2) is 0 Å². The van der Waals surface area contributed by atoms with Gasteiger partial charge in [0.05, 0.1) is 12.7 Å². The molecule has 4 heteroatoms. The molecular formula is C12H25N3O. The highest BCUT2D eigenvalue weighted by molar-refractivity contribution is 5.83. The van der Waals surface area contributed by atoms with Gasteiger partial charge in [-0.15, -0.1) is 0 Å². The number of rotatable bonds is 6. The van der Waals surface area contributed by atoms with Gasteiger partial charge in [0.15, 0.2) is 0 Å². The topological polar surface area (TPSA) is 35.6 Å². The minimum Gasteiger partial charge on any atom is -0.329 e. The molecule has 0 aromatic heterocycles. The van der Waals surface area contributed by atoms with Crippen LogP contribution in [0.25, 0.3) is 0 Å². The van der Waals surface area contributed by atoms with E-state index in [0.29, 0.717) is 5.92 Å². The van der Waals surface area contributed by atoms with Crippen LogP contribution in [-0.4, -0.2) is 55.6 Å². The molecule has 1 aliphatic heterocycles. The number of hydrogen-bond acceptors (Lipinski definition) is 3. The molecule has 1 fully saturated rings. The maximum atomic E-state index is 12.0. The Morgan fingerprint density at radius 1 is 1.50 bits per heavy atom. The summed E-state index contributed by atoms with van der Waals surface area (Å²) < 4.78 is 0. The number of hydrogen-bond donors (Lipinski definition) is 1. The zero-order valence-electron chi connectivity index (χ0n) is 11.0. The molecule has 1 aliphatic rings. The summed E-state index contributed by atoms with van der Waals surface area (Å²) in [5.41, 5.74) is 0. The van der Waals surface area contributed by atoms with Crippen LogP contribution in [0.1, 0.15) is 26.7 Å². The Kier molecular flexibility index (Phi) is 5.22. The van der Waals surface area contributed by atoms with Gasteiger partial charge < -0.3 is 9.80 Å². The molecule has 0 radical (unpaired) electrons. The van der Waals surface area contributed by atoms with E-state index in [4.69, 9.17) is 0 Å². The van der Waals surface area contributed by atoms with Gasteiger partial charge in [0.1, 0.15) is 0 Å². The molecule has 1 saturated heterocycles. The van der Waals surface area contributed by atoms with Crippen molar-refractivity contribution in [2.75, 3.05) is 33.9 Å². The third-order valence-electron chi connectivity index (χ3n) is 2.88. The van der Waals surface area contributed by atoms with Crippen molar-refractivity contribution >= 4 is 5.91 Å². The normalized spacial score (nSPS) is 21.5. The first-order valence-electron chi connectivity index (χ1n) is 6.17. The molecular weight excluding hydrogens is 202 g/mol. The van der Waals surface area contributed by atoms with E-state index in [9.17, 15) is 4.79 Å². The summed E-state index contributed by atoms with van der Waals surface area (Å²) >= 11 is 0. The van der Waals surface area contributed by atoms with Crippen molar-refractivity contribution in [3.05, 3.63) is 0 Å². The highest BCUT2D eigenvalue weighted by Crippen LogP contribution is 2.12. The predicted molar refractivity (Wildman–Crippen MR) is 66.1 cm³/mol. The Morgan fingerprint density at radius 2 is 2.19 bits per heavy atom. The number of nitrogens with zero attached hydrogens (tertiary/aromatic N) is 2. The summed E-state index contributed by atoms with van der Waals surface area (Å²) in [4.78, 5) is 16.1. The van der Waals surface area contributed by atoms with E-state index < -0.39 is 0 Å². The zero-order chi connectivity index (χ0) is 12.1. The van der Waals surface area contributed by atoms with Crippen LogP contribution in [0.3, 0.4) is 0 Å². The number of amides is 1. The van der Waals surface area contributed by atoms with Gasteiger partial charge in [-0.2, -0.15) is 0 Å². The van der Waals surface area contributed by atoms with E-state index in [-0.39, 0.29) is 11.9 Å². The molecule has 1 N–H and O–H groups in total. The van der Waals surface area contributed by atoms with Crippen LogP contribution < -0.4 is 5.32 Å². The van der Waals surface area contributed by atoms with Crippen LogP contribution in [0.2, 0.25) is 0 Å². The summed E-state index contributed by atoms with van der Waals surface area (Å²) in [5.74, 6) is 0.857. The quantitative estimate of drug-likeness (QED) is 0.727. The lowest BCUT2D eigenvalue weighted by Crippen LogP contribution is -2.33. The van der Waals surface area contributed by atoms with Crippen molar-refractivity contribution in [2.45, 2.75) is 32.7 Å². The molecule has 0 saturated carbocycles. The molecule has 0 spiro atoms. The lowest BCUT2D eigenvalue weighted by molar-refractivity contribution is -0.129. The number of nitrogens with one attached hydrogen (secondary N) is 1. The summed E-state index contributed by atoms with van der Waals surface area (Å²) in [5, 5.41) is 3.29. The van der Waals surface area contributed by atoms with Crippen molar-refractivity contribution < 1.29 is 4.79 Å². The van der Waals surface area contributed by atoms with E-state index in [1.165, 1.54) is 0 Å². The third-order valence-corrected chi connectivity index (χ3v) is 2.88. The molecule has 94 valence electrons. The minimum absolute atomic E-state index is 0.0550. The lowest BCUT2D eigenvalue weighted by Gasteiger charge is -2.17. The van der Waals surface area contributed by atoms with Crippen LogP contribution in [0.4, 0.5) is 0 Å². The van der Waals surface area contributed by atoms with E-state index in [1.807, 2.05) is 4.90 Å². The lowest BCUT2D eigenvalue weighted by atomic mass is 10.0. The molecule has 1 amide bonds. The largest absolute Gasteiger partial charge is 0.329 e. The Hall–Kier alpha value is -0.610. The average Bonchev–Trinajstić information content (AvgIpc) is 2.48. The van der Waals surface area contributed by atoms with Crippen LogP contribution in [0.5, 0.6) is 0 Å². The Labute approximate surface area is 99.0 Å². The summed E-state index contributed by atoms with van der Waals surface area (Å²) in [6, 6.07) is 0.0550. The molecule has 4 nitrogen and oxygen atoms in total. The van der Waals surface area contributed by atoms with E-state index in [1.54, 1.807) is 0 Å². The second kappa shape index (κ2) is 6.21. The van der Waals surface area contributed by atoms with Gasteiger partial charge in [-0.1, -0.05) is 13.8 Å². The average molecular weight is 227 g/mol. The summed E-state index contributed by atoms with van der Waals surface area (Å²) in [6.07, 6.45) is 2.00. The first-order valence-corrected chi connectivity index (χ1v) is 6.17. The van der Waals surface area contributed by atoms with E-state index >= 15 is 0 Å². The number of carbonyl (C=O) groups is 1. The molecule has 1 rings (SSSR count). The van der Waals surface area contributed by atoms with Crippen molar-refractivity contribution in [2.24, 2.45) is 5.92 Å². The van der Waals surface area contributed by atoms with Gasteiger partial charge in [-0.25, -0.2) is 0 Å². The molecule has 0 aromatic carbocycles. The zero-order valence-corrected chi connectivity index (χ0v) is 11.0. The number of carbonyl (C=O) groups excluding carboxylic acids is 1. The van der Waals surface area contributed by atoms with Gasteiger partial charge in [0, 0.05) is 6.54 Å². The van der Waals surface area contributed by atoms with Gasteiger partial charge in [-0.05, 0) is 39.4 Å². The summed E-state index contributed by atoms with van der Waals surface area (Å²) in [6.45, 7) is 6.95. The highest BCUT2D eigenvalue weighted by atomic mass is 16.2.